The molecule has 0 radical (unpaired) electrons. The third kappa shape index (κ3) is 3.40. The molecule has 1 unspecified atom stereocenters. The van der Waals surface area contributed by atoms with Gasteiger partial charge in [0.25, 0.3) is 0 Å². The number of benzene rings is 3. The van der Waals surface area contributed by atoms with Crippen LogP contribution in [0.25, 0.3) is 0 Å². The lowest BCUT2D eigenvalue weighted by Gasteiger charge is -2.41. The molecule has 3 aromatic carbocycles. The third-order valence-electron chi connectivity index (χ3n) is 5.87. The van der Waals surface area contributed by atoms with Crippen LogP contribution in [0.1, 0.15) is 42.4 Å². The van der Waals surface area contributed by atoms with Gasteiger partial charge in [-0.2, -0.15) is 0 Å². The van der Waals surface area contributed by atoms with E-state index in [-0.39, 0.29) is 5.41 Å². The molecular weight excluding hydrogens is 324 g/mol. The highest BCUT2D eigenvalue weighted by Gasteiger charge is 2.40. The summed E-state index contributed by atoms with van der Waals surface area (Å²) in [4.78, 5) is 0. The van der Waals surface area contributed by atoms with Crippen molar-refractivity contribution in [3.63, 3.8) is 0 Å². The zero-order chi connectivity index (χ0) is 18.5. The molecule has 1 aliphatic carbocycles. The summed E-state index contributed by atoms with van der Waals surface area (Å²) < 4.78 is 0. The maximum atomic E-state index is 2.41. The van der Waals surface area contributed by atoms with Gasteiger partial charge in [-0.3, -0.25) is 0 Å². The molecule has 0 aliphatic heterocycles. The lowest BCUT2D eigenvalue weighted by molar-refractivity contribution is 0.480. The third-order valence-corrected chi connectivity index (χ3v) is 5.87. The predicted octanol–water partition coefficient (Wildman–Crippen LogP) is 7.05. The zero-order valence-corrected chi connectivity index (χ0v) is 15.9. The van der Waals surface area contributed by atoms with Crippen molar-refractivity contribution in [1.82, 2.24) is 0 Å². The molecule has 0 nitrogen and oxygen atoms in total. The van der Waals surface area contributed by atoms with E-state index in [1.54, 1.807) is 0 Å². The van der Waals surface area contributed by atoms with Crippen molar-refractivity contribution in [2.75, 3.05) is 0 Å². The van der Waals surface area contributed by atoms with Crippen LogP contribution < -0.4 is 0 Å². The largest absolute Gasteiger partial charge is 0.0842 e. The molecular formula is C27H26. The van der Waals surface area contributed by atoms with Gasteiger partial charge in [-0.05, 0) is 29.5 Å². The number of hydrogen-bond acceptors (Lipinski definition) is 0. The van der Waals surface area contributed by atoms with Crippen LogP contribution in [-0.4, -0.2) is 0 Å². The van der Waals surface area contributed by atoms with E-state index in [1.807, 2.05) is 0 Å². The van der Waals surface area contributed by atoms with Gasteiger partial charge in [-0.1, -0.05) is 122 Å². The van der Waals surface area contributed by atoms with Gasteiger partial charge < -0.3 is 0 Å². The molecule has 0 saturated heterocycles. The van der Waals surface area contributed by atoms with Gasteiger partial charge in [0.2, 0.25) is 0 Å². The average molecular weight is 351 g/mol. The van der Waals surface area contributed by atoms with Gasteiger partial charge in [-0.25, -0.2) is 0 Å². The lowest BCUT2D eigenvalue weighted by atomic mass is 9.61. The number of allylic oxidation sites excluding steroid dienone is 4. The van der Waals surface area contributed by atoms with Crippen LogP contribution in [-0.2, 0) is 5.41 Å². The summed E-state index contributed by atoms with van der Waals surface area (Å²) >= 11 is 0. The van der Waals surface area contributed by atoms with Crippen molar-refractivity contribution < 1.29 is 0 Å². The summed E-state index contributed by atoms with van der Waals surface area (Å²) in [6.07, 6.45) is 9.07. The van der Waals surface area contributed by atoms with Crippen molar-refractivity contribution in [1.29, 1.82) is 0 Å². The van der Waals surface area contributed by atoms with E-state index < -0.39 is 0 Å². The highest BCUT2D eigenvalue weighted by molar-refractivity contribution is 5.49. The minimum atomic E-state index is -0.138. The second-order valence-electron chi connectivity index (χ2n) is 7.49. The number of rotatable bonds is 5. The minimum Gasteiger partial charge on any atom is -0.0842 e. The Bertz CT molecular complexity index is 878. The highest BCUT2D eigenvalue weighted by atomic mass is 14.4. The normalized spacial score (nSPS) is 15.2. The molecule has 3 aromatic rings. The Morgan fingerprint density at radius 3 is 1.70 bits per heavy atom. The summed E-state index contributed by atoms with van der Waals surface area (Å²) in [5.41, 5.74) is 5.48. The molecule has 1 aliphatic rings. The summed E-state index contributed by atoms with van der Waals surface area (Å²) in [5, 5.41) is 0. The first kappa shape index (κ1) is 17.5. The molecule has 1 atom stereocenters. The molecule has 27 heavy (non-hydrogen) atoms. The first-order valence-corrected chi connectivity index (χ1v) is 9.82. The fourth-order valence-corrected chi connectivity index (χ4v) is 4.49. The first-order valence-electron chi connectivity index (χ1n) is 9.82. The van der Waals surface area contributed by atoms with Crippen LogP contribution in [0.15, 0.2) is 115 Å². The van der Waals surface area contributed by atoms with E-state index in [0.717, 1.165) is 12.8 Å². The number of hydrogen-bond donors (Lipinski definition) is 0. The van der Waals surface area contributed by atoms with Crippen LogP contribution in [0.5, 0.6) is 0 Å². The fourth-order valence-electron chi connectivity index (χ4n) is 4.49. The van der Waals surface area contributed by atoms with E-state index in [4.69, 9.17) is 0 Å². The molecule has 0 saturated carbocycles. The standard InChI is InChI=1S/C27H26/c1-27(24-18-10-4-11-19-24,25-20-12-5-13-21-25)26(22-14-6-2-7-15-22)23-16-8-3-9-17-23/h2-8,10-16,18-21,26H,9,17H2,1H3. The molecule has 0 bridgehead atoms. The molecule has 0 heterocycles. The van der Waals surface area contributed by atoms with Crippen molar-refractivity contribution in [2.24, 2.45) is 0 Å². The molecule has 0 N–H and O–H groups in total. The molecule has 0 fully saturated rings. The van der Waals surface area contributed by atoms with Crippen molar-refractivity contribution in [3.05, 3.63) is 131 Å². The van der Waals surface area contributed by atoms with Crippen LogP contribution in [0.2, 0.25) is 0 Å². The van der Waals surface area contributed by atoms with Crippen molar-refractivity contribution in [2.45, 2.75) is 31.1 Å². The summed E-state index contributed by atoms with van der Waals surface area (Å²) in [7, 11) is 0. The Morgan fingerprint density at radius 2 is 1.22 bits per heavy atom. The van der Waals surface area contributed by atoms with E-state index in [2.05, 4.69) is 116 Å². The average Bonchev–Trinajstić information content (AvgIpc) is 2.76. The quantitative estimate of drug-likeness (QED) is 0.462. The van der Waals surface area contributed by atoms with Gasteiger partial charge in [0.05, 0.1) is 0 Å². The second-order valence-corrected chi connectivity index (χ2v) is 7.49. The Balaban J connectivity index is 1.97. The Hall–Kier alpha value is -2.86. The van der Waals surface area contributed by atoms with Gasteiger partial charge in [0.15, 0.2) is 0 Å². The van der Waals surface area contributed by atoms with Crippen LogP contribution in [0, 0.1) is 0 Å². The summed E-state index contributed by atoms with van der Waals surface area (Å²) in [6.45, 7) is 2.41. The summed E-state index contributed by atoms with van der Waals surface area (Å²) in [6, 6.07) is 33.0. The highest BCUT2D eigenvalue weighted by Crippen LogP contribution is 2.49. The SMILES string of the molecule is CC(c1ccccc1)(c1ccccc1)C(C1=CC=CCC1)c1ccccc1. The maximum absolute atomic E-state index is 2.41. The predicted molar refractivity (Wildman–Crippen MR) is 115 cm³/mol. The van der Waals surface area contributed by atoms with Gasteiger partial charge in [0.1, 0.15) is 0 Å². The fraction of sp³-hybridized carbons (Fsp3) is 0.185. The maximum Gasteiger partial charge on any atom is 0.0280 e. The minimum absolute atomic E-state index is 0.138. The topological polar surface area (TPSA) is 0 Å². The Morgan fingerprint density at radius 1 is 0.704 bits per heavy atom. The van der Waals surface area contributed by atoms with Gasteiger partial charge in [0, 0.05) is 11.3 Å². The zero-order valence-electron chi connectivity index (χ0n) is 15.9. The second kappa shape index (κ2) is 7.80. The monoisotopic (exact) mass is 350 g/mol. The van der Waals surface area contributed by atoms with Crippen LogP contribution in [0.3, 0.4) is 0 Å². The van der Waals surface area contributed by atoms with Crippen molar-refractivity contribution in [3.8, 4) is 0 Å². The molecule has 0 heteroatoms. The van der Waals surface area contributed by atoms with Crippen molar-refractivity contribution >= 4 is 0 Å². The summed E-state index contributed by atoms with van der Waals surface area (Å²) in [5.74, 6) is 0.299. The smallest absolute Gasteiger partial charge is 0.0280 e. The molecule has 134 valence electrons. The molecule has 0 amide bonds. The molecule has 0 spiro atoms. The Kier molecular flexibility index (Phi) is 5.07. The van der Waals surface area contributed by atoms with E-state index in [0.29, 0.717) is 5.92 Å². The first-order chi connectivity index (χ1) is 13.3. The van der Waals surface area contributed by atoms with E-state index >= 15 is 0 Å². The van der Waals surface area contributed by atoms with Crippen LogP contribution in [0.4, 0.5) is 0 Å². The van der Waals surface area contributed by atoms with E-state index in [1.165, 1.54) is 22.3 Å². The molecule has 0 aromatic heterocycles. The lowest BCUT2D eigenvalue weighted by Crippen LogP contribution is -2.33. The molecule has 4 rings (SSSR count). The van der Waals surface area contributed by atoms with E-state index in [9.17, 15) is 0 Å². The van der Waals surface area contributed by atoms with Gasteiger partial charge >= 0.3 is 0 Å². The Labute approximate surface area is 162 Å². The van der Waals surface area contributed by atoms with Crippen LogP contribution >= 0.6 is 0 Å². The van der Waals surface area contributed by atoms with Gasteiger partial charge in [-0.15, -0.1) is 0 Å².